The van der Waals surface area contributed by atoms with E-state index >= 15 is 0 Å². The Labute approximate surface area is 139 Å². The van der Waals surface area contributed by atoms with Crippen molar-refractivity contribution >= 4 is 51.9 Å². The molecule has 0 aliphatic carbocycles. The van der Waals surface area contributed by atoms with Crippen LogP contribution in [0.2, 0.25) is 10.0 Å². The Hall–Kier alpha value is -1.49. The molecule has 0 bridgehead atoms. The van der Waals surface area contributed by atoms with Gasteiger partial charge in [0.2, 0.25) is 0 Å². The van der Waals surface area contributed by atoms with Gasteiger partial charge in [-0.15, -0.1) is 0 Å². The molecule has 0 aromatic heterocycles. The number of rotatable bonds is 4. The zero-order chi connectivity index (χ0) is 15.2. The number of benzene rings is 2. The number of nitrogen functional groups attached to an aromatic ring is 1. The Morgan fingerprint density at radius 2 is 1.67 bits per heavy atom. The van der Waals surface area contributed by atoms with Gasteiger partial charge in [0.05, 0.1) is 0 Å². The van der Waals surface area contributed by atoms with Crippen LogP contribution < -0.4 is 16.4 Å². The van der Waals surface area contributed by atoms with E-state index in [-0.39, 0.29) is 0 Å². The van der Waals surface area contributed by atoms with Crippen molar-refractivity contribution in [3.05, 3.63) is 58.1 Å². The van der Waals surface area contributed by atoms with Gasteiger partial charge in [-0.2, -0.15) is 0 Å². The van der Waals surface area contributed by atoms with E-state index in [0.29, 0.717) is 33.8 Å². The second kappa shape index (κ2) is 7.50. The zero-order valence-electron chi connectivity index (χ0n) is 11.2. The second-order valence-electron chi connectivity index (χ2n) is 4.45. The minimum absolute atomic E-state index is 0.544. The van der Waals surface area contributed by atoms with Crippen LogP contribution in [0, 0.1) is 0 Å². The molecule has 3 nitrogen and oxygen atoms in total. The lowest BCUT2D eigenvalue weighted by Gasteiger charge is -2.12. The molecule has 0 fully saturated rings. The summed E-state index contributed by atoms with van der Waals surface area (Å²) >= 11 is 17.5. The van der Waals surface area contributed by atoms with Crippen LogP contribution >= 0.6 is 35.4 Å². The molecule has 0 unspecified atom stereocenters. The standard InChI is InChI=1S/C15H15Cl2N3S/c16-13-2-1-3-14(17)12(13)8-9-19-15(21)20-11-6-4-10(18)5-7-11/h1-7H,8-9,18H2,(H2,19,20,21). The predicted octanol–water partition coefficient (Wildman–Crippen LogP) is 4.10. The third-order valence-corrected chi connectivity index (χ3v) is 3.85. The van der Waals surface area contributed by atoms with Gasteiger partial charge in [0.15, 0.2) is 5.11 Å². The van der Waals surface area contributed by atoms with Crippen LogP contribution in [0.1, 0.15) is 5.56 Å². The first-order valence-corrected chi connectivity index (χ1v) is 7.56. The van der Waals surface area contributed by atoms with Crippen LogP contribution in [0.4, 0.5) is 11.4 Å². The molecule has 0 radical (unpaired) electrons. The van der Waals surface area contributed by atoms with E-state index in [1.165, 1.54) is 0 Å². The average molecular weight is 340 g/mol. The van der Waals surface area contributed by atoms with Crippen molar-refractivity contribution in [3.63, 3.8) is 0 Å². The summed E-state index contributed by atoms with van der Waals surface area (Å²) < 4.78 is 0. The van der Waals surface area contributed by atoms with E-state index < -0.39 is 0 Å². The maximum absolute atomic E-state index is 6.12. The summed E-state index contributed by atoms with van der Waals surface area (Å²) in [5, 5.41) is 8.08. The highest BCUT2D eigenvalue weighted by molar-refractivity contribution is 7.80. The van der Waals surface area contributed by atoms with Crippen molar-refractivity contribution in [1.29, 1.82) is 0 Å². The number of nitrogens with two attached hydrogens (primary N) is 1. The minimum Gasteiger partial charge on any atom is -0.399 e. The summed E-state index contributed by atoms with van der Waals surface area (Å²) in [6.45, 7) is 0.643. The van der Waals surface area contributed by atoms with E-state index in [9.17, 15) is 0 Å². The Morgan fingerprint density at radius 1 is 1.05 bits per heavy atom. The average Bonchev–Trinajstić information content (AvgIpc) is 2.45. The molecule has 2 aromatic carbocycles. The van der Waals surface area contributed by atoms with Crippen LogP contribution in [0.5, 0.6) is 0 Å². The molecule has 2 rings (SSSR count). The van der Waals surface area contributed by atoms with Crippen LogP contribution in [-0.2, 0) is 6.42 Å². The third-order valence-electron chi connectivity index (χ3n) is 2.89. The molecule has 0 saturated heterocycles. The van der Waals surface area contributed by atoms with E-state index in [2.05, 4.69) is 10.6 Å². The fraction of sp³-hybridized carbons (Fsp3) is 0.133. The largest absolute Gasteiger partial charge is 0.399 e. The van der Waals surface area contributed by atoms with Crippen LogP contribution in [-0.4, -0.2) is 11.7 Å². The monoisotopic (exact) mass is 339 g/mol. The molecule has 0 spiro atoms. The van der Waals surface area contributed by atoms with Gasteiger partial charge in [-0.1, -0.05) is 29.3 Å². The molecule has 0 aliphatic heterocycles. The van der Waals surface area contributed by atoms with Crippen molar-refractivity contribution in [3.8, 4) is 0 Å². The normalized spacial score (nSPS) is 10.2. The molecule has 0 atom stereocenters. The molecule has 4 N–H and O–H groups in total. The lowest BCUT2D eigenvalue weighted by Crippen LogP contribution is -2.30. The number of anilines is 2. The van der Waals surface area contributed by atoms with Crippen molar-refractivity contribution in [1.82, 2.24) is 5.32 Å². The van der Waals surface area contributed by atoms with Crippen LogP contribution in [0.15, 0.2) is 42.5 Å². The van der Waals surface area contributed by atoms with E-state index in [0.717, 1.165) is 11.3 Å². The summed E-state index contributed by atoms with van der Waals surface area (Å²) in [5.74, 6) is 0. The van der Waals surface area contributed by atoms with Gasteiger partial charge in [-0.05, 0) is 60.6 Å². The summed E-state index contributed by atoms with van der Waals surface area (Å²) in [7, 11) is 0. The number of thiocarbonyl (C=S) groups is 1. The van der Waals surface area contributed by atoms with Crippen LogP contribution in [0.3, 0.4) is 0 Å². The second-order valence-corrected chi connectivity index (χ2v) is 5.68. The molecule has 110 valence electrons. The fourth-order valence-corrected chi connectivity index (χ4v) is 2.62. The molecule has 0 amide bonds. The molecular weight excluding hydrogens is 325 g/mol. The Kier molecular flexibility index (Phi) is 5.67. The van der Waals surface area contributed by atoms with Crippen molar-refractivity contribution in [2.75, 3.05) is 17.6 Å². The SMILES string of the molecule is Nc1ccc(NC(=S)NCCc2c(Cl)cccc2Cl)cc1. The molecule has 6 heteroatoms. The van der Waals surface area contributed by atoms with Gasteiger partial charge in [0.25, 0.3) is 0 Å². The lowest BCUT2D eigenvalue weighted by molar-refractivity contribution is 0.874. The highest BCUT2D eigenvalue weighted by Crippen LogP contribution is 2.24. The molecule has 0 heterocycles. The predicted molar refractivity (Wildman–Crippen MR) is 95.2 cm³/mol. The smallest absolute Gasteiger partial charge is 0.170 e. The highest BCUT2D eigenvalue weighted by Gasteiger charge is 2.05. The quantitative estimate of drug-likeness (QED) is 0.579. The minimum atomic E-state index is 0.544. The van der Waals surface area contributed by atoms with Crippen LogP contribution in [0.25, 0.3) is 0 Å². The Bertz CT molecular complexity index is 609. The Morgan fingerprint density at radius 3 is 2.29 bits per heavy atom. The van der Waals surface area contributed by atoms with E-state index in [1.54, 1.807) is 0 Å². The first-order valence-electron chi connectivity index (χ1n) is 6.39. The summed E-state index contributed by atoms with van der Waals surface area (Å²) in [6.07, 6.45) is 0.696. The topological polar surface area (TPSA) is 50.1 Å². The zero-order valence-corrected chi connectivity index (χ0v) is 13.5. The van der Waals surface area contributed by atoms with E-state index in [1.807, 2.05) is 42.5 Å². The van der Waals surface area contributed by atoms with Gasteiger partial charge >= 0.3 is 0 Å². The maximum atomic E-state index is 6.12. The van der Waals surface area contributed by atoms with Crippen molar-refractivity contribution in [2.45, 2.75) is 6.42 Å². The number of nitrogens with one attached hydrogen (secondary N) is 2. The fourth-order valence-electron chi connectivity index (χ4n) is 1.81. The first-order chi connectivity index (χ1) is 10.1. The molecule has 21 heavy (non-hydrogen) atoms. The molecule has 0 aliphatic rings. The van der Waals surface area contributed by atoms with Gasteiger partial charge in [0.1, 0.15) is 0 Å². The van der Waals surface area contributed by atoms with Crippen molar-refractivity contribution < 1.29 is 0 Å². The van der Waals surface area contributed by atoms with Gasteiger partial charge in [0, 0.05) is 28.0 Å². The maximum Gasteiger partial charge on any atom is 0.170 e. The lowest BCUT2D eigenvalue weighted by atomic mass is 10.1. The number of hydrogen-bond donors (Lipinski definition) is 3. The summed E-state index contributed by atoms with van der Waals surface area (Å²) in [5.41, 5.74) is 8.15. The summed E-state index contributed by atoms with van der Waals surface area (Å²) in [4.78, 5) is 0. The van der Waals surface area contributed by atoms with Gasteiger partial charge in [-0.3, -0.25) is 0 Å². The molecule has 2 aromatic rings. The van der Waals surface area contributed by atoms with Gasteiger partial charge < -0.3 is 16.4 Å². The van der Waals surface area contributed by atoms with Gasteiger partial charge in [-0.25, -0.2) is 0 Å². The number of hydrogen-bond acceptors (Lipinski definition) is 2. The van der Waals surface area contributed by atoms with E-state index in [4.69, 9.17) is 41.2 Å². The number of halogens is 2. The highest BCUT2D eigenvalue weighted by atomic mass is 35.5. The molecule has 0 saturated carbocycles. The molecular formula is C15H15Cl2N3S. The van der Waals surface area contributed by atoms with Crippen molar-refractivity contribution in [2.24, 2.45) is 0 Å². The summed E-state index contributed by atoms with van der Waals surface area (Å²) in [6, 6.07) is 12.8. The Balaban J connectivity index is 1.83. The first kappa shape index (κ1) is 15.9. The third kappa shape index (κ3) is 4.77.